The van der Waals surface area contributed by atoms with Gasteiger partial charge in [-0.25, -0.2) is 0 Å². The zero-order valence-corrected chi connectivity index (χ0v) is 12.7. The maximum Gasteiger partial charge on any atom is 0.401 e. The van der Waals surface area contributed by atoms with Crippen LogP contribution in [-0.2, 0) is 0 Å². The molecule has 1 heterocycles. The van der Waals surface area contributed by atoms with Gasteiger partial charge in [0.2, 0.25) is 0 Å². The Bertz CT molecular complexity index is 321. The summed E-state index contributed by atoms with van der Waals surface area (Å²) in [7, 11) is 0. The molecule has 2 aliphatic rings. The Labute approximate surface area is 124 Å². The number of piperidine rings is 1. The van der Waals surface area contributed by atoms with Crippen LogP contribution in [0.25, 0.3) is 0 Å². The van der Waals surface area contributed by atoms with Crippen molar-refractivity contribution in [1.82, 2.24) is 10.2 Å². The zero-order valence-electron chi connectivity index (χ0n) is 12.7. The van der Waals surface area contributed by atoms with Crippen LogP contribution in [0.3, 0.4) is 0 Å². The molecule has 0 radical (unpaired) electrons. The molecule has 0 bridgehead atoms. The lowest BCUT2D eigenvalue weighted by atomic mass is 9.83. The van der Waals surface area contributed by atoms with Crippen LogP contribution in [0.5, 0.6) is 0 Å². The highest BCUT2D eigenvalue weighted by Crippen LogP contribution is 2.30. The van der Waals surface area contributed by atoms with Crippen LogP contribution in [0.1, 0.15) is 39.0 Å². The summed E-state index contributed by atoms with van der Waals surface area (Å²) in [6.45, 7) is 3.43. The van der Waals surface area contributed by atoms with Crippen molar-refractivity contribution in [3.05, 3.63) is 0 Å². The number of halogens is 3. The van der Waals surface area contributed by atoms with Gasteiger partial charge >= 0.3 is 6.18 Å². The highest BCUT2D eigenvalue weighted by molar-refractivity contribution is 4.88. The summed E-state index contributed by atoms with van der Waals surface area (Å²) in [5.74, 6) is 0.778. The quantitative estimate of drug-likeness (QED) is 0.791. The average molecular weight is 308 g/mol. The normalized spacial score (nSPS) is 30.1. The molecular weight excluding hydrogens is 281 g/mol. The molecule has 3 nitrogen and oxygen atoms in total. The summed E-state index contributed by atoms with van der Waals surface area (Å²) in [6.07, 6.45) is 0.449. The second-order valence-corrected chi connectivity index (χ2v) is 6.68. The van der Waals surface area contributed by atoms with E-state index in [0.29, 0.717) is 25.3 Å². The molecule has 0 amide bonds. The number of hydrogen-bond donors (Lipinski definition) is 2. The van der Waals surface area contributed by atoms with Crippen molar-refractivity contribution in [3.8, 4) is 0 Å². The van der Waals surface area contributed by atoms with E-state index in [9.17, 15) is 18.3 Å². The lowest BCUT2D eigenvalue weighted by molar-refractivity contribution is -0.127. The molecule has 3 unspecified atom stereocenters. The third kappa shape index (κ3) is 5.42. The molecular formula is C15H27F3N2O. The molecule has 1 saturated carbocycles. The van der Waals surface area contributed by atoms with Crippen LogP contribution in [0.2, 0.25) is 0 Å². The Hall–Kier alpha value is -0.330. The van der Waals surface area contributed by atoms with Gasteiger partial charge in [-0.05, 0) is 37.5 Å². The summed E-state index contributed by atoms with van der Waals surface area (Å²) < 4.78 is 37.1. The van der Waals surface area contributed by atoms with E-state index in [1.165, 1.54) is 19.3 Å². The Kier molecular flexibility index (Phi) is 5.91. The molecule has 2 N–H and O–H groups in total. The van der Waals surface area contributed by atoms with Gasteiger partial charge in [0.15, 0.2) is 0 Å². The monoisotopic (exact) mass is 308 g/mol. The molecule has 1 saturated heterocycles. The minimum Gasteiger partial charge on any atom is -0.393 e. The third-order valence-corrected chi connectivity index (χ3v) is 4.85. The summed E-state index contributed by atoms with van der Waals surface area (Å²) in [4.78, 5) is 2.25. The number of rotatable bonds is 6. The summed E-state index contributed by atoms with van der Waals surface area (Å²) >= 11 is 0. The smallest absolute Gasteiger partial charge is 0.393 e. The van der Waals surface area contributed by atoms with Gasteiger partial charge in [-0.3, -0.25) is 0 Å². The van der Waals surface area contributed by atoms with Crippen LogP contribution < -0.4 is 5.32 Å². The fraction of sp³-hybridized carbons (Fsp3) is 1.00. The molecule has 0 aromatic carbocycles. The molecule has 3 atom stereocenters. The number of nitrogens with one attached hydrogen (secondary N) is 1. The predicted molar refractivity (Wildman–Crippen MR) is 76.0 cm³/mol. The molecule has 124 valence electrons. The van der Waals surface area contributed by atoms with E-state index in [1.54, 1.807) is 0 Å². The standard InChI is InChI=1S/C15H27F3N2O/c1-2-14(21)12-6-13(19-10-15(16,17)18)9-20(8-12)7-11-4-3-5-11/h11-14,19,21H,2-10H2,1H3. The first-order valence-electron chi connectivity index (χ1n) is 8.08. The van der Waals surface area contributed by atoms with E-state index in [1.807, 2.05) is 6.92 Å². The molecule has 2 fully saturated rings. The van der Waals surface area contributed by atoms with E-state index in [0.717, 1.165) is 13.1 Å². The topological polar surface area (TPSA) is 35.5 Å². The largest absolute Gasteiger partial charge is 0.401 e. The van der Waals surface area contributed by atoms with E-state index in [2.05, 4.69) is 10.2 Å². The minimum atomic E-state index is -4.17. The maximum atomic E-state index is 12.4. The van der Waals surface area contributed by atoms with Gasteiger partial charge < -0.3 is 15.3 Å². The predicted octanol–water partition coefficient (Wildman–Crippen LogP) is 2.40. The highest BCUT2D eigenvalue weighted by atomic mass is 19.4. The SMILES string of the molecule is CCC(O)C1CC(NCC(F)(F)F)CN(CC2CCC2)C1. The summed E-state index contributed by atoms with van der Waals surface area (Å²) in [6, 6.07) is -0.174. The van der Waals surface area contributed by atoms with Crippen molar-refractivity contribution in [3.63, 3.8) is 0 Å². The Balaban J connectivity index is 1.88. The van der Waals surface area contributed by atoms with Gasteiger partial charge in [0.25, 0.3) is 0 Å². The van der Waals surface area contributed by atoms with Crippen molar-refractivity contribution in [2.75, 3.05) is 26.2 Å². The van der Waals surface area contributed by atoms with E-state index in [4.69, 9.17) is 0 Å². The van der Waals surface area contributed by atoms with E-state index < -0.39 is 18.8 Å². The van der Waals surface area contributed by atoms with Gasteiger partial charge in [0.1, 0.15) is 0 Å². The van der Waals surface area contributed by atoms with Crippen molar-refractivity contribution < 1.29 is 18.3 Å². The Morgan fingerprint density at radius 3 is 2.52 bits per heavy atom. The number of likely N-dealkylation sites (tertiary alicyclic amines) is 1. The molecule has 0 aromatic heterocycles. The fourth-order valence-electron chi connectivity index (χ4n) is 3.44. The summed E-state index contributed by atoms with van der Waals surface area (Å²) in [5.41, 5.74) is 0. The van der Waals surface area contributed by atoms with Crippen molar-refractivity contribution in [1.29, 1.82) is 0 Å². The third-order valence-electron chi connectivity index (χ3n) is 4.85. The highest BCUT2D eigenvalue weighted by Gasteiger charge is 2.35. The van der Waals surface area contributed by atoms with Crippen LogP contribution in [0, 0.1) is 11.8 Å². The molecule has 21 heavy (non-hydrogen) atoms. The number of hydrogen-bond acceptors (Lipinski definition) is 3. The Morgan fingerprint density at radius 1 is 1.29 bits per heavy atom. The zero-order chi connectivity index (χ0) is 15.5. The second kappa shape index (κ2) is 7.29. The first-order chi connectivity index (χ1) is 9.87. The van der Waals surface area contributed by atoms with Crippen LogP contribution >= 0.6 is 0 Å². The van der Waals surface area contributed by atoms with E-state index in [-0.39, 0.29) is 12.0 Å². The molecule has 0 spiro atoms. The van der Waals surface area contributed by atoms with Gasteiger partial charge in [-0.1, -0.05) is 13.3 Å². The van der Waals surface area contributed by atoms with Crippen molar-refractivity contribution in [2.24, 2.45) is 11.8 Å². The Morgan fingerprint density at radius 2 is 2.00 bits per heavy atom. The number of nitrogens with zero attached hydrogens (tertiary/aromatic N) is 1. The molecule has 1 aliphatic heterocycles. The lowest BCUT2D eigenvalue weighted by Gasteiger charge is -2.42. The van der Waals surface area contributed by atoms with Gasteiger partial charge in [-0.15, -0.1) is 0 Å². The molecule has 6 heteroatoms. The number of aliphatic hydroxyl groups excluding tert-OH is 1. The first-order valence-corrected chi connectivity index (χ1v) is 8.08. The molecule has 0 aromatic rings. The van der Waals surface area contributed by atoms with Gasteiger partial charge in [-0.2, -0.15) is 13.2 Å². The van der Waals surface area contributed by atoms with E-state index >= 15 is 0 Å². The molecule has 1 aliphatic carbocycles. The maximum absolute atomic E-state index is 12.4. The summed E-state index contributed by atoms with van der Waals surface area (Å²) in [5, 5.41) is 12.7. The van der Waals surface area contributed by atoms with Crippen molar-refractivity contribution in [2.45, 2.75) is 57.3 Å². The van der Waals surface area contributed by atoms with Gasteiger partial charge in [0, 0.05) is 25.7 Å². The average Bonchev–Trinajstić information content (AvgIpc) is 2.39. The van der Waals surface area contributed by atoms with Crippen molar-refractivity contribution >= 4 is 0 Å². The van der Waals surface area contributed by atoms with Crippen LogP contribution in [-0.4, -0.2) is 54.5 Å². The first kappa shape index (κ1) is 17.0. The molecule has 2 rings (SSSR count). The lowest BCUT2D eigenvalue weighted by Crippen LogP contribution is -2.54. The second-order valence-electron chi connectivity index (χ2n) is 6.68. The number of aliphatic hydroxyl groups is 1. The van der Waals surface area contributed by atoms with Crippen LogP contribution in [0.4, 0.5) is 13.2 Å². The fourth-order valence-corrected chi connectivity index (χ4v) is 3.44. The van der Waals surface area contributed by atoms with Crippen LogP contribution in [0.15, 0.2) is 0 Å². The minimum absolute atomic E-state index is 0.0783. The van der Waals surface area contributed by atoms with Gasteiger partial charge in [0.05, 0.1) is 12.6 Å². The number of alkyl halides is 3.